The molecule has 3 aromatic rings. The van der Waals surface area contributed by atoms with Crippen LogP contribution in [0, 0.1) is 11.6 Å². The van der Waals surface area contributed by atoms with Crippen molar-refractivity contribution in [1.29, 1.82) is 0 Å². The minimum absolute atomic E-state index is 0.184. The molecule has 6 nitrogen and oxygen atoms in total. The van der Waals surface area contributed by atoms with Gasteiger partial charge in [0.25, 0.3) is 11.8 Å². The number of ether oxygens (including phenoxy) is 2. The number of fused-ring (bicyclic) bond motifs is 1. The number of para-hydroxylation sites is 1. The van der Waals surface area contributed by atoms with Gasteiger partial charge < -0.3 is 19.7 Å². The van der Waals surface area contributed by atoms with Crippen LogP contribution in [0.3, 0.4) is 0 Å². The van der Waals surface area contributed by atoms with Gasteiger partial charge in [0.1, 0.15) is 23.1 Å². The maximum absolute atomic E-state index is 14.0. The van der Waals surface area contributed by atoms with E-state index in [-0.39, 0.29) is 18.0 Å². The number of amides is 2. The van der Waals surface area contributed by atoms with Crippen molar-refractivity contribution >= 4 is 17.5 Å². The molecule has 0 bridgehead atoms. The Kier molecular flexibility index (Phi) is 6.26. The highest BCUT2D eigenvalue weighted by atomic mass is 19.1. The monoisotopic (exact) mass is 452 g/mol. The first kappa shape index (κ1) is 22.3. The Morgan fingerprint density at radius 1 is 1.15 bits per heavy atom. The number of hydrogen-bond donors (Lipinski definition) is 1. The summed E-state index contributed by atoms with van der Waals surface area (Å²) in [7, 11) is 1.57. The summed E-state index contributed by atoms with van der Waals surface area (Å²) in [6, 6.07) is 15.1. The van der Waals surface area contributed by atoms with Crippen LogP contribution in [0.25, 0.3) is 0 Å². The van der Waals surface area contributed by atoms with E-state index in [9.17, 15) is 18.4 Å². The second-order valence-electron chi connectivity index (χ2n) is 7.67. The van der Waals surface area contributed by atoms with Gasteiger partial charge in [0.05, 0.1) is 12.7 Å². The van der Waals surface area contributed by atoms with Crippen molar-refractivity contribution in [2.75, 3.05) is 12.4 Å². The highest BCUT2D eigenvalue weighted by Gasteiger charge is 2.28. The van der Waals surface area contributed by atoms with E-state index >= 15 is 0 Å². The Morgan fingerprint density at radius 2 is 1.94 bits per heavy atom. The lowest BCUT2D eigenvalue weighted by Crippen LogP contribution is -2.37. The van der Waals surface area contributed by atoms with Crippen LogP contribution in [-0.2, 0) is 17.9 Å². The molecule has 2 amide bonds. The van der Waals surface area contributed by atoms with Gasteiger partial charge >= 0.3 is 0 Å². The molecule has 4 rings (SSSR count). The molecule has 170 valence electrons. The van der Waals surface area contributed by atoms with Gasteiger partial charge in [-0.2, -0.15) is 0 Å². The van der Waals surface area contributed by atoms with Gasteiger partial charge in [0.2, 0.25) is 0 Å². The van der Waals surface area contributed by atoms with E-state index in [0.717, 1.165) is 17.7 Å². The first-order valence-corrected chi connectivity index (χ1v) is 10.3. The van der Waals surface area contributed by atoms with Gasteiger partial charge in [-0.05, 0) is 43.3 Å². The lowest BCUT2D eigenvalue weighted by atomic mass is 10.1. The van der Waals surface area contributed by atoms with Crippen LogP contribution in [0.2, 0.25) is 0 Å². The molecular formula is C25H22F2N2O4. The first-order valence-electron chi connectivity index (χ1n) is 10.3. The summed E-state index contributed by atoms with van der Waals surface area (Å²) in [4.78, 5) is 27.1. The summed E-state index contributed by atoms with van der Waals surface area (Å²) in [6.07, 6.45) is -0.699. The molecule has 8 heteroatoms. The topological polar surface area (TPSA) is 67.9 Å². The van der Waals surface area contributed by atoms with Crippen LogP contribution >= 0.6 is 0 Å². The third kappa shape index (κ3) is 4.79. The van der Waals surface area contributed by atoms with Crippen LogP contribution in [0.4, 0.5) is 14.5 Å². The zero-order valence-corrected chi connectivity index (χ0v) is 18.1. The van der Waals surface area contributed by atoms with Gasteiger partial charge in [-0.15, -0.1) is 0 Å². The Balaban J connectivity index is 1.59. The molecule has 0 saturated carbocycles. The second-order valence-corrected chi connectivity index (χ2v) is 7.67. The van der Waals surface area contributed by atoms with Gasteiger partial charge in [-0.3, -0.25) is 9.59 Å². The van der Waals surface area contributed by atoms with Gasteiger partial charge in [-0.1, -0.05) is 18.2 Å². The summed E-state index contributed by atoms with van der Waals surface area (Å²) in [5.74, 6) is -1.42. The average molecular weight is 452 g/mol. The van der Waals surface area contributed by atoms with Crippen molar-refractivity contribution in [3.63, 3.8) is 0 Å². The third-order valence-corrected chi connectivity index (χ3v) is 5.37. The number of hydrogen-bond acceptors (Lipinski definition) is 4. The summed E-state index contributed by atoms with van der Waals surface area (Å²) in [5, 5.41) is 2.61. The van der Waals surface area contributed by atoms with Crippen LogP contribution in [0.15, 0.2) is 60.7 Å². The van der Waals surface area contributed by atoms with E-state index in [1.807, 2.05) is 24.3 Å². The summed E-state index contributed by atoms with van der Waals surface area (Å²) < 4.78 is 38.3. The summed E-state index contributed by atoms with van der Waals surface area (Å²) >= 11 is 0. The molecule has 0 fully saturated rings. The molecule has 0 aliphatic carbocycles. The zero-order valence-electron chi connectivity index (χ0n) is 18.1. The lowest BCUT2D eigenvalue weighted by molar-refractivity contribution is -0.138. The highest BCUT2D eigenvalue weighted by Crippen LogP contribution is 2.30. The minimum Gasteiger partial charge on any atom is -0.496 e. The second kappa shape index (κ2) is 9.28. The molecule has 3 aromatic carbocycles. The smallest absolute Gasteiger partial charge is 0.263 e. The Morgan fingerprint density at radius 3 is 2.70 bits per heavy atom. The molecule has 0 saturated heterocycles. The standard InChI is InChI=1S/C25H22F2N2O4/c1-15-25(31)29(13-16-5-3-4-6-22(16)32-2)14-17-11-19(8-10-23(17)33-15)28-24(30)20-9-7-18(26)12-21(20)27/h3-12,15H,13-14H2,1-2H3,(H,28,30)/t15-/m0/s1. The number of methoxy groups -OCH3 is 1. The van der Waals surface area contributed by atoms with Crippen LogP contribution in [0.5, 0.6) is 11.5 Å². The average Bonchev–Trinajstić information content (AvgIpc) is 2.90. The van der Waals surface area contributed by atoms with Crippen LogP contribution in [-0.4, -0.2) is 29.9 Å². The zero-order chi connectivity index (χ0) is 23.5. The first-order chi connectivity index (χ1) is 15.9. The van der Waals surface area contributed by atoms with Gasteiger partial charge in [0.15, 0.2) is 6.10 Å². The number of benzene rings is 3. The number of halogens is 2. The highest BCUT2D eigenvalue weighted by molar-refractivity contribution is 6.04. The quantitative estimate of drug-likeness (QED) is 0.618. The SMILES string of the molecule is COc1ccccc1CN1Cc2cc(NC(=O)c3ccc(F)cc3F)ccc2O[C@@H](C)C1=O. The van der Waals surface area contributed by atoms with Gasteiger partial charge in [-0.25, -0.2) is 8.78 Å². The largest absolute Gasteiger partial charge is 0.496 e. The molecule has 0 radical (unpaired) electrons. The van der Waals surface area contributed by atoms with Crippen LogP contribution < -0.4 is 14.8 Å². The number of carbonyl (C=O) groups excluding carboxylic acids is 2. The van der Waals surface area contributed by atoms with Crippen molar-refractivity contribution < 1.29 is 27.8 Å². The number of nitrogens with zero attached hydrogens (tertiary/aromatic N) is 1. The molecule has 1 heterocycles. The van der Waals surface area contributed by atoms with Crippen molar-refractivity contribution in [2.45, 2.75) is 26.1 Å². The Labute approximate surface area is 189 Å². The maximum atomic E-state index is 14.0. The fraction of sp³-hybridized carbons (Fsp3) is 0.200. The maximum Gasteiger partial charge on any atom is 0.263 e. The predicted molar refractivity (Wildman–Crippen MR) is 118 cm³/mol. The molecule has 0 aromatic heterocycles. The van der Waals surface area contributed by atoms with Crippen molar-refractivity contribution in [2.24, 2.45) is 0 Å². The molecule has 0 spiro atoms. The Bertz CT molecular complexity index is 1210. The molecular weight excluding hydrogens is 430 g/mol. The lowest BCUT2D eigenvalue weighted by Gasteiger charge is -2.23. The van der Waals surface area contributed by atoms with E-state index in [0.29, 0.717) is 35.4 Å². The summed E-state index contributed by atoms with van der Waals surface area (Å²) in [5.41, 5.74) is 1.65. The van der Waals surface area contributed by atoms with Crippen molar-refractivity contribution in [1.82, 2.24) is 4.90 Å². The molecule has 1 atom stereocenters. The fourth-order valence-corrected chi connectivity index (χ4v) is 3.72. The third-order valence-electron chi connectivity index (χ3n) is 5.37. The molecule has 1 aliphatic heterocycles. The predicted octanol–water partition coefficient (Wildman–Crippen LogP) is 4.54. The van der Waals surface area contributed by atoms with E-state index < -0.39 is 23.6 Å². The fourth-order valence-electron chi connectivity index (χ4n) is 3.72. The molecule has 1 aliphatic rings. The van der Waals surface area contributed by atoms with Crippen molar-refractivity contribution in [3.8, 4) is 11.5 Å². The normalized spacial score (nSPS) is 15.3. The molecule has 0 unspecified atom stereocenters. The number of rotatable bonds is 5. The minimum atomic E-state index is -0.951. The van der Waals surface area contributed by atoms with E-state index in [1.54, 1.807) is 37.1 Å². The van der Waals surface area contributed by atoms with E-state index in [4.69, 9.17) is 9.47 Å². The van der Waals surface area contributed by atoms with E-state index in [2.05, 4.69) is 5.32 Å². The number of carbonyl (C=O) groups is 2. The van der Waals surface area contributed by atoms with Gasteiger partial charge in [0, 0.05) is 36.0 Å². The molecule has 33 heavy (non-hydrogen) atoms. The number of anilines is 1. The van der Waals surface area contributed by atoms with Crippen molar-refractivity contribution in [3.05, 3.63) is 89.0 Å². The van der Waals surface area contributed by atoms with Crippen LogP contribution in [0.1, 0.15) is 28.4 Å². The summed E-state index contributed by atoms with van der Waals surface area (Å²) in [6.45, 7) is 2.23. The van der Waals surface area contributed by atoms with E-state index in [1.165, 1.54) is 0 Å². The number of nitrogens with one attached hydrogen (secondary N) is 1. The Hall–Kier alpha value is -3.94. The molecule has 1 N–H and O–H groups in total.